The molecule has 0 aromatic heterocycles. The average molecular weight is 418 g/mol. The van der Waals surface area contributed by atoms with Crippen molar-refractivity contribution in [3.05, 3.63) is 0 Å². The number of carbonyl (C=O) groups is 2. The molecule has 0 aromatic rings. The smallest absolute Gasteiger partial charge is 0.409 e. The van der Waals surface area contributed by atoms with E-state index in [9.17, 15) is 18.4 Å². The Morgan fingerprint density at radius 3 is 2.38 bits per heavy atom. The number of nitrogens with one attached hydrogen (secondary N) is 1. The van der Waals surface area contributed by atoms with Gasteiger partial charge in [-0.3, -0.25) is 10.5 Å². The minimum atomic E-state index is -2.70. The molecule has 168 valence electrons. The summed E-state index contributed by atoms with van der Waals surface area (Å²) in [6.07, 6.45) is 0.738. The maximum absolute atomic E-state index is 13.6. The summed E-state index contributed by atoms with van der Waals surface area (Å²) in [4.78, 5) is 27.5. The zero-order chi connectivity index (χ0) is 21.8. The number of nitrogens with two attached hydrogens (primary N) is 1. The lowest BCUT2D eigenvalue weighted by molar-refractivity contribution is -0.137. The number of alkyl carbamates (subject to hydrolysis) is 1. The van der Waals surface area contributed by atoms with Crippen LogP contribution in [0.4, 0.5) is 13.6 Å². The monoisotopic (exact) mass is 417 g/mol. The topological polar surface area (TPSA) is 84.7 Å². The third-order valence-corrected chi connectivity index (χ3v) is 6.77. The number of alkyl halides is 2. The molecular formula is C21H37F2N3O3. The van der Waals surface area contributed by atoms with Gasteiger partial charge in [0.1, 0.15) is 6.04 Å². The van der Waals surface area contributed by atoms with Crippen LogP contribution in [0.5, 0.6) is 0 Å². The Balaban J connectivity index is 2.13. The van der Waals surface area contributed by atoms with E-state index in [0.717, 1.165) is 12.8 Å². The molecule has 2 fully saturated rings. The van der Waals surface area contributed by atoms with Crippen LogP contribution in [0.3, 0.4) is 0 Å². The van der Waals surface area contributed by atoms with Crippen molar-refractivity contribution < 1.29 is 23.1 Å². The summed E-state index contributed by atoms with van der Waals surface area (Å²) >= 11 is 0. The van der Waals surface area contributed by atoms with Gasteiger partial charge in [-0.2, -0.15) is 0 Å². The summed E-state index contributed by atoms with van der Waals surface area (Å²) in [7, 11) is 0. The Bertz CT molecular complexity index is 565. The summed E-state index contributed by atoms with van der Waals surface area (Å²) in [5.74, 6) is -2.31. The van der Waals surface area contributed by atoms with Gasteiger partial charge in [-0.15, -0.1) is 0 Å². The largest absolute Gasteiger partial charge is 0.431 e. The molecule has 6 nitrogen and oxygen atoms in total. The number of ether oxygens (including phenoxy) is 1. The van der Waals surface area contributed by atoms with Crippen LogP contribution in [0.2, 0.25) is 0 Å². The number of hydrogen-bond acceptors (Lipinski definition) is 4. The predicted octanol–water partition coefficient (Wildman–Crippen LogP) is 3.88. The van der Waals surface area contributed by atoms with Crippen LogP contribution < -0.4 is 11.1 Å². The molecule has 0 spiro atoms. The van der Waals surface area contributed by atoms with E-state index in [1.54, 1.807) is 6.92 Å². The molecule has 2 rings (SSSR count). The minimum absolute atomic E-state index is 0.0600. The summed E-state index contributed by atoms with van der Waals surface area (Å²) < 4.78 is 32.4. The molecule has 1 aliphatic carbocycles. The summed E-state index contributed by atoms with van der Waals surface area (Å²) in [5.41, 5.74) is 5.67. The van der Waals surface area contributed by atoms with E-state index in [4.69, 9.17) is 10.5 Å². The highest BCUT2D eigenvalue weighted by Crippen LogP contribution is 2.39. The summed E-state index contributed by atoms with van der Waals surface area (Å²) in [6.45, 7) is 8.76. The van der Waals surface area contributed by atoms with Crippen molar-refractivity contribution in [3.8, 4) is 0 Å². The molecule has 0 aromatic carbocycles. The molecule has 2 amide bonds. The van der Waals surface area contributed by atoms with Gasteiger partial charge in [-0.1, -0.05) is 27.2 Å². The van der Waals surface area contributed by atoms with Crippen molar-refractivity contribution in [1.29, 1.82) is 0 Å². The standard InChI is InChI=1S/C21H37F2N3O3/c1-5-13(3)16-11-14(4)26(12-16)19(27)18(25-20(28)29-17(24)6-2)15-7-9-21(22,23)10-8-15/h13-18H,5-12,24H2,1-4H3,(H,25,28)/t13?,14?,16-,17?,18?/m1/s1. The maximum Gasteiger partial charge on any atom is 0.409 e. The molecule has 4 unspecified atom stereocenters. The first kappa shape index (κ1) is 23.8. The van der Waals surface area contributed by atoms with Crippen LogP contribution >= 0.6 is 0 Å². The van der Waals surface area contributed by atoms with Gasteiger partial charge in [-0.05, 0) is 50.4 Å². The van der Waals surface area contributed by atoms with Gasteiger partial charge in [0.15, 0.2) is 6.23 Å². The van der Waals surface area contributed by atoms with Crippen molar-refractivity contribution in [3.63, 3.8) is 0 Å². The normalized spacial score (nSPS) is 27.9. The molecule has 0 radical (unpaired) electrons. The number of halogens is 2. The van der Waals surface area contributed by atoms with Crippen molar-refractivity contribution in [2.75, 3.05) is 6.54 Å². The highest BCUT2D eigenvalue weighted by molar-refractivity contribution is 5.86. The number of likely N-dealkylation sites (tertiary alicyclic amines) is 1. The molecule has 29 heavy (non-hydrogen) atoms. The van der Waals surface area contributed by atoms with Gasteiger partial charge >= 0.3 is 6.09 Å². The predicted molar refractivity (Wildman–Crippen MR) is 107 cm³/mol. The number of nitrogens with zero attached hydrogens (tertiary/aromatic N) is 1. The van der Waals surface area contributed by atoms with E-state index in [1.165, 1.54) is 0 Å². The Kier molecular flexibility index (Phi) is 8.26. The van der Waals surface area contributed by atoms with Crippen LogP contribution in [0.1, 0.15) is 72.6 Å². The van der Waals surface area contributed by atoms with Crippen molar-refractivity contribution in [2.45, 2.75) is 96.9 Å². The first-order valence-electron chi connectivity index (χ1n) is 11.0. The fourth-order valence-corrected chi connectivity index (χ4v) is 4.46. The number of carbonyl (C=O) groups excluding carboxylic acids is 2. The second-order valence-electron chi connectivity index (χ2n) is 8.89. The minimum Gasteiger partial charge on any atom is -0.431 e. The molecule has 1 heterocycles. The number of rotatable bonds is 7. The molecule has 8 heteroatoms. The highest BCUT2D eigenvalue weighted by Gasteiger charge is 2.44. The molecule has 1 saturated heterocycles. The van der Waals surface area contributed by atoms with E-state index < -0.39 is 24.3 Å². The Labute approximate surface area is 172 Å². The summed E-state index contributed by atoms with van der Waals surface area (Å²) in [6, 6.07) is -0.800. The van der Waals surface area contributed by atoms with Gasteiger partial charge in [0.05, 0.1) is 0 Å². The van der Waals surface area contributed by atoms with Crippen LogP contribution in [-0.2, 0) is 9.53 Å². The van der Waals surface area contributed by atoms with Crippen LogP contribution in [0.25, 0.3) is 0 Å². The van der Waals surface area contributed by atoms with Crippen molar-refractivity contribution in [1.82, 2.24) is 10.2 Å². The van der Waals surface area contributed by atoms with Crippen LogP contribution in [-0.4, -0.2) is 47.7 Å². The zero-order valence-electron chi connectivity index (χ0n) is 18.1. The lowest BCUT2D eigenvalue weighted by atomic mass is 9.81. The van der Waals surface area contributed by atoms with Gasteiger partial charge in [0, 0.05) is 25.4 Å². The Morgan fingerprint density at radius 2 is 1.83 bits per heavy atom. The fraction of sp³-hybridized carbons (Fsp3) is 0.905. The lowest BCUT2D eigenvalue weighted by Crippen LogP contribution is -2.54. The third kappa shape index (κ3) is 6.27. The Morgan fingerprint density at radius 1 is 1.21 bits per heavy atom. The van der Waals surface area contributed by atoms with Gasteiger partial charge in [0.2, 0.25) is 11.8 Å². The Hall–Kier alpha value is -1.44. The quantitative estimate of drug-likeness (QED) is 0.616. The third-order valence-electron chi connectivity index (χ3n) is 6.77. The van der Waals surface area contributed by atoms with Crippen molar-refractivity contribution >= 4 is 12.0 Å². The molecule has 1 saturated carbocycles. The first-order chi connectivity index (χ1) is 13.6. The van der Waals surface area contributed by atoms with Crippen LogP contribution in [0.15, 0.2) is 0 Å². The molecular weight excluding hydrogens is 380 g/mol. The molecule has 5 atom stereocenters. The lowest BCUT2D eigenvalue weighted by Gasteiger charge is -2.36. The van der Waals surface area contributed by atoms with E-state index >= 15 is 0 Å². The second kappa shape index (κ2) is 10.0. The fourth-order valence-electron chi connectivity index (χ4n) is 4.46. The van der Waals surface area contributed by atoms with Crippen LogP contribution in [0, 0.1) is 17.8 Å². The SMILES string of the molecule is CCC(N)OC(=O)NC(C(=O)N1C[C@H](C(C)CC)CC1C)C1CCC(F)(F)CC1. The first-order valence-corrected chi connectivity index (χ1v) is 11.0. The highest BCUT2D eigenvalue weighted by atomic mass is 19.3. The summed E-state index contributed by atoms with van der Waals surface area (Å²) in [5, 5.41) is 2.66. The molecule has 0 bridgehead atoms. The van der Waals surface area contributed by atoms with E-state index in [1.807, 2.05) is 11.8 Å². The number of hydrogen-bond donors (Lipinski definition) is 2. The number of amides is 2. The van der Waals surface area contributed by atoms with E-state index in [0.29, 0.717) is 24.8 Å². The average Bonchev–Trinajstić information content (AvgIpc) is 3.06. The van der Waals surface area contributed by atoms with Gasteiger partial charge in [-0.25, -0.2) is 13.6 Å². The maximum atomic E-state index is 13.6. The van der Waals surface area contributed by atoms with Gasteiger partial charge < -0.3 is 15.0 Å². The van der Waals surface area contributed by atoms with Crippen molar-refractivity contribution in [2.24, 2.45) is 23.5 Å². The molecule has 1 aliphatic heterocycles. The van der Waals surface area contributed by atoms with Gasteiger partial charge in [0.25, 0.3) is 0 Å². The zero-order valence-corrected chi connectivity index (χ0v) is 18.1. The molecule has 3 N–H and O–H groups in total. The van der Waals surface area contributed by atoms with E-state index in [2.05, 4.69) is 19.2 Å². The van der Waals surface area contributed by atoms with E-state index in [-0.39, 0.29) is 43.6 Å². The molecule has 2 aliphatic rings. The second-order valence-corrected chi connectivity index (χ2v) is 8.89.